The molecule has 6 heteroatoms. The summed E-state index contributed by atoms with van der Waals surface area (Å²) in [6.45, 7) is 2.94. The van der Waals surface area contributed by atoms with Crippen LogP contribution in [0.1, 0.15) is 18.9 Å². The number of sulfonamides is 1. The number of ether oxygens (including phenoxy) is 2. The number of rotatable bonds is 8. The zero-order chi connectivity index (χ0) is 16.7. The summed E-state index contributed by atoms with van der Waals surface area (Å²) >= 11 is 0. The van der Waals surface area contributed by atoms with Gasteiger partial charge in [0.05, 0.1) is 18.6 Å². The van der Waals surface area contributed by atoms with Crippen LogP contribution in [-0.2, 0) is 16.6 Å². The highest BCUT2D eigenvalue weighted by Gasteiger charge is 2.13. The second-order valence-electron chi connectivity index (χ2n) is 4.99. The minimum Gasteiger partial charge on any atom is -0.497 e. The molecule has 0 aliphatic heterocycles. The molecule has 0 aromatic heterocycles. The first-order chi connectivity index (χ1) is 11.0. The maximum absolute atomic E-state index is 12.2. The molecule has 0 heterocycles. The molecule has 1 N–H and O–H groups in total. The van der Waals surface area contributed by atoms with Gasteiger partial charge in [0, 0.05) is 6.54 Å². The Balaban J connectivity index is 1.98. The number of benzene rings is 2. The van der Waals surface area contributed by atoms with Gasteiger partial charge in [-0.15, -0.1) is 0 Å². The molecule has 23 heavy (non-hydrogen) atoms. The van der Waals surface area contributed by atoms with Crippen LogP contribution in [0.2, 0.25) is 0 Å². The van der Waals surface area contributed by atoms with Gasteiger partial charge in [0.25, 0.3) is 0 Å². The lowest BCUT2D eigenvalue weighted by atomic mass is 10.2. The maximum Gasteiger partial charge on any atom is 0.240 e. The van der Waals surface area contributed by atoms with Crippen molar-refractivity contribution in [3.63, 3.8) is 0 Å². The van der Waals surface area contributed by atoms with E-state index in [-0.39, 0.29) is 11.4 Å². The Kier molecular flexibility index (Phi) is 6.01. The summed E-state index contributed by atoms with van der Waals surface area (Å²) in [7, 11) is -2.01. The number of methoxy groups -OCH3 is 1. The quantitative estimate of drug-likeness (QED) is 0.805. The molecule has 0 fully saturated rings. The number of hydrogen-bond acceptors (Lipinski definition) is 4. The van der Waals surface area contributed by atoms with Crippen molar-refractivity contribution in [1.29, 1.82) is 0 Å². The van der Waals surface area contributed by atoms with Crippen molar-refractivity contribution in [2.75, 3.05) is 13.7 Å². The standard InChI is InChI=1S/C17H21NO4S/c1-3-12-22-16-6-4-14(5-7-16)13-18-23(19,20)17-10-8-15(21-2)9-11-17/h4-11,18H,3,12-13H2,1-2H3. The Bertz CT molecular complexity index is 709. The topological polar surface area (TPSA) is 64.6 Å². The molecular weight excluding hydrogens is 314 g/mol. The average Bonchev–Trinajstić information content (AvgIpc) is 2.59. The summed E-state index contributed by atoms with van der Waals surface area (Å²) in [6, 6.07) is 13.6. The van der Waals surface area contributed by atoms with Crippen molar-refractivity contribution in [3.8, 4) is 11.5 Å². The van der Waals surface area contributed by atoms with Crippen LogP contribution in [0, 0.1) is 0 Å². The Morgan fingerprint density at radius 2 is 1.57 bits per heavy atom. The first-order valence-corrected chi connectivity index (χ1v) is 8.89. The van der Waals surface area contributed by atoms with E-state index in [1.807, 2.05) is 31.2 Å². The first-order valence-electron chi connectivity index (χ1n) is 7.40. The highest BCUT2D eigenvalue weighted by atomic mass is 32.2. The van der Waals surface area contributed by atoms with Gasteiger partial charge in [-0.05, 0) is 48.4 Å². The highest BCUT2D eigenvalue weighted by molar-refractivity contribution is 7.89. The van der Waals surface area contributed by atoms with Gasteiger partial charge in [0.2, 0.25) is 10.0 Å². The average molecular weight is 335 g/mol. The lowest BCUT2D eigenvalue weighted by molar-refractivity contribution is 0.317. The molecule has 0 spiro atoms. The molecule has 0 bridgehead atoms. The van der Waals surface area contributed by atoms with Crippen LogP contribution in [0.3, 0.4) is 0 Å². The molecule has 124 valence electrons. The molecule has 0 amide bonds. The number of hydrogen-bond donors (Lipinski definition) is 1. The first kappa shape index (κ1) is 17.3. The Hall–Kier alpha value is -2.05. The fourth-order valence-corrected chi connectivity index (χ4v) is 2.96. The Labute approximate surface area is 137 Å². The van der Waals surface area contributed by atoms with E-state index in [1.54, 1.807) is 12.1 Å². The van der Waals surface area contributed by atoms with Gasteiger partial charge in [-0.3, -0.25) is 0 Å². The minimum absolute atomic E-state index is 0.209. The van der Waals surface area contributed by atoms with Crippen LogP contribution in [0.25, 0.3) is 0 Å². The molecule has 0 saturated carbocycles. The van der Waals surface area contributed by atoms with E-state index in [4.69, 9.17) is 9.47 Å². The summed E-state index contributed by atoms with van der Waals surface area (Å²) in [5.41, 5.74) is 0.867. The van der Waals surface area contributed by atoms with Gasteiger partial charge in [-0.1, -0.05) is 19.1 Å². The summed E-state index contributed by atoms with van der Waals surface area (Å²) in [5, 5.41) is 0. The summed E-state index contributed by atoms with van der Waals surface area (Å²) in [4.78, 5) is 0.209. The molecule has 5 nitrogen and oxygen atoms in total. The fourth-order valence-electron chi connectivity index (χ4n) is 1.94. The van der Waals surface area contributed by atoms with E-state index < -0.39 is 10.0 Å². The van der Waals surface area contributed by atoms with Gasteiger partial charge in [0.1, 0.15) is 11.5 Å². The fraction of sp³-hybridized carbons (Fsp3) is 0.294. The van der Waals surface area contributed by atoms with Crippen LogP contribution in [0.4, 0.5) is 0 Å². The molecule has 2 aromatic carbocycles. The third-order valence-corrected chi connectivity index (χ3v) is 4.65. The van der Waals surface area contributed by atoms with E-state index >= 15 is 0 Å². The molecule has 2 rings (SSSR count). The van der Waals surface area contributed by atoms with Crippen molar-refractivity contribution in [2.45, 2.75) is 24.8 Å². The van der Waals surface area contributed by atoms with Crippen molar-refractivity contribution in [2.24, 2.45) is 0 Å². The van der Waals surface area contributed by atoms with Crippen molar-refractivity contribution in [1.82, 2.24) is 4.72 Å². The smallest absolute Gasteiger partial charge is 0.240 e. The Morgan fingerprint density at radius 1 is 0.957 bits per heavy atom. The van der Waals surface area contributed by atoms with Crippen LogP contribution in [0.5, 0.6) is 11.5 Å². The van der Waals surface area contributed by atoms with Gasteiger partial charge in [-0.25, -0.2) is 13.1 Å². The van der Waals surface area contributed by atoms with Crippen LogP contribution in [-0.4, -0.2) is 22.1 Å². The Morgan fingerprint density at radius 3 is 2.13 bits per heavy atom. The second kappa shape index (κ2) is 7.99. The van der Waals surface area contributed by atoms with Gasteiger partial charge in [0.15, 0.2) is 0 Å². The predicted octanol–water partition coefficient (Wildman–Crippen LogP) is 2.96. The van der Waals surface area contributed by atoms with E-state index in [0.717, 1.165) is 17.7 Å². The van der Waals surface area contributed by atoms with Gasteiger partial charge in [-0.2, -0.15) is 0 Å². The van der Waals surface area contributed by atoms with Gasteiger partial charge < -0.3 is 9.47 Å². The highest BCUT2D eigenvalue weighted by Crippen LogP contribution is 2.16. The molecule has 0 aliphatic carbocycles. The van der Waals surface area contributed by atoms with Crippen molar-refractivity contribution >= 4 is 10.0 Å². The molecular formula is C17H21NO4S. The van der Waals surface area contributed by atoms with Crippen LogP contribution < -0.4 is 14.2 Å². The van der Waals surface area contributed by atoms with E-state index in [1.165, 1.54) is 19.2 Å². The van der Waals surface area contributed by atoms with Crippen LogP contribution in [0.15, 0.2) is 53.4 Å². The monoisotopic (exact) mass is 335 g/mol. The molecule has 0 aliphatic rings. The molecule has 0 saturated heterocycles. The van der Waals surface area contributed by atoms with Crippen LogP contribution >= 0.6 is 0 Å². The third kappa shape index (κ3) is 4.97. The zero-order valence-corrected chi connectivity index (χ0v) is 14.1. The summed E-state index contributed by atoms with van der Waals surface area (Å²) in [6.07, 6.45) is 0.948. The summed E-state index contributed by atoms with van der Waals surface area (Å²) in [5.74, 6) is 1.40. The third-order valence-electron chi connectivity index (χ3n) is 3.23. The molecule has 0 radical (unpaired) electrons. The van der Waals surface area contributed by atoms with E-state index in [9.17, 15) is 8.42 Å². The summed E-state index contributed by atoms with van der Waals surface area (Å²) < 4.78 is 37.6. The molecule has 0 unspecified atom stereocenters. The molecule has 0 atom stereocenters. The van der Waals surface area contributed by atoms with Gasteiger partial charge >= 0.3 is 0 Å². The van der Waals surface area contributed by atoms with Crippen molar-refractivity contribution in [3.05, 3.63) is 54.1 Å². The number of nitrogens with one attached hydrogen (secondary N) is 1. The largest absolute Gasteiger partial charge is 0.497 e. The molecule has 2 aromatic rings. The van der Waals surface area contributed by atoms with E-state index in [2.05, 4.69) is 4.72 Å². The normalized spacial score (nSPS) is 11.2. The maximum atomic E-state index is 12.2. The second-order valence-corrected chi connectivity index (χ2v) is 6.76. The lowest BCUT2D eigenvalue weighted by Gasteiger charge is -2.09. The van der Waals surface area contributed by atoms with E-state index in [0.29, 0.717) is 12.4 Å². The lowest BCUT2D eigenvalue weighted by Crippen LogP contribution is -2.23. The minimum atomic E-state index is -3.54. The van der Waals surface area contributed by atoms with Crippen molar-refractivity contribution < 1.29 is 17.9 Å². The SMILES string of the molecule is CCCOc1ccc(CNS(=O)(=O)c2ccc(OC)cc2)cc1. The zero-order valence-electron chi connectivity index (χ0n) is 13.3. The predicted molar refractivity (Wildman–Crippen MR) is 89.2 cm³/mol.